The molecule has 4 rings (SSSR count). The van der Waals surface area contributed by atoms with Crippen LogP contribution in [0.1, 0.15) is 34.8 Å². The van der Waals surface area contributed by atoms with E-state index >= 15 is 0 Å². The lowest BCUT2D eigenvalue weighted by Crippen LogP contribution is -2.48. The third-order valence-corrected chi connectivity index (χ3v) is 5.29. The van der Waals surface area contributed by atoms with Crippen molar-refractivity contribution in [2.45, 2.75) is 32.7 Å². The minimum absolute atomic E-state index is 0.163. The van der Waals surface area contributed by atoms with Crippen LogP contribution in [0.5, 0.6) is 0 Å². The van der Waals surface area contributed by atoms with Gasteiger partial charge in [0.2, 0.25) is 0 Å². The van der Waals surface area contributed by atoms with E-state index in [9.17, 15) is 9.18 Å². The van der Waals surface area contributed by atoms with Gasteiger partial charge in [-0.2, -0.15) is 0 Å². The molecule has 138 valence electrons. The van der Waals surface area contributed by atoms with E-state index in [0.29, 0.717) is 6.54 Å². The molecular formula is C19H24FN5O. The number of aromatic nitrogens is 3. The van der Waals surface area contributed by atoms with E-state index in [-0.39, 0.29) is 11.6 Å². The number of anilines is 1. The first-order chi connectivity index (χ1) is 12.6. The average Bonchev–Trinajstić information content (AvgIpc) is 2.99. The molecule has 0 atom stereocenters. The van der Waals surface area contributed by atoms with Gasteiger partial charge in [0.05, 0.1) is 18.4 Å². The monoisotopic (exact) mass is 357 g/mol. The predicted molar refractivity (Wildman–Crippen MR) is 97.1 cm³/mol. The molecule has 0 aromatic carbocycles. The van der Waals surface area contributed by atoms with Gasteiger partial charge >= 0.3 is 0 Å². The number of ketones is 1. The van der Waals surface area contributed by atoms with Crippen LogP contribution < -0.4 is 4.90 Å². The summed E-state index contributed by atoms with van der Waals surface area (Å²) in [5.74, 6) is 1.69. The second-order valence-electron chi connectivity index (χ2n) is 7.09. The fraction of sp³-hybridized carbons (Fsp3) is 0.526. The Morgan fingerprint density at radius 2 is 1.96 bits per heavy atom. The molecule has 2 aromatic rings. The average molecular weight is 357 g/mol. The summed E-state index contributed by atoms with van der Waals surface area (Å²) >= 11 is 0. The normalized spacial score (nSPS) is 18.0. The second kappa shape index (κ2) is 7.15. The summed E-state index contributed by atoms with van der Waals surface area (Å²) in [5.41, 5.74) is 1.66. The minimum atomic E-state index is -0.322. The first kappa shape index (κ1) is 17.1. The van der Waals surface area contributed by atoms with Crippen LogP contribution in [-0.4, -0.2) is 57.9 Å². The molecule has 0 amide bonds. The number of aryl methyl sites for hydroxylation is 2. The Balaban J connectivity index is 1.38. The van der Waals surface area contributed by atoms with E-state index in [1.807, 2.05) is 6.92 Å². The van der Waals surface area contributed by atoms with Gasteiger partial charge in [-0.15, -0.1) is 0 Å². The lowest BCUT2D eigenvalue weighted by molar-refractivity contribution is 0.0915. The number of halogens is 1. The van der Waals surface area contributed by atoms with Crippen LogP contribution in [0.3, 0.4) is 0 Å². The summed E-state index contributed by atoms with van der Waals surface area (Å²) in [7, 11) is 0. The van der Waals surface area contributed by atoms with Gasteiger partial charge in [-0.25, -0.2) is 14.4 Å². The van der Waals surface area contributed by atoms with Crippen molar-refractivity contribution in [2.24, 2.45) is 0 Å². The molecule has 0 spiro atoms. The summed E-state index contributed by atoms with van der Waals surface area (Å²) in [6.07, 6.45) is 4.49. The SMILES string of the molecule is Cc1nc2n(c1C(=O)CN1CCN(c3ccc(F)cn3)CC1)CCCC2. The maximum absolute atomic E-state index is 13.0. The van der Waals surface area contributed by atoms with Gasteiger partial charge in [0.15, 0.2) is 5.78 Å². The second-order valence-corrected chi connectivity index (χ2v) is 7.09. The van der Waals surface area contributed by atoms with Crippen LogP contribution in [0.4, 0.5) is 10.2 Å². The topological polar surface area (TPSA) is 54.3 Å². The zero-order valence-corrected chi connectivity index (χ0v) is 15.1. The highest BCUT2D eigenvalue weighted by Gasteiger charge is 2.25. The van der Waals surface area contributed by atoms with E-state index in [1.165, 1.54) is 12.3 Å². The lowest BCUT2D eigenvalue weighted by Gasteiger charge is -2.35. The largest absolute Gasteiger partial charge is 0.354 e. The van der Waals surface area contributed by atoms with Crippen LogP contribution in [0, 0.1) is 12.7 Å². The number of imidazole rings is 1. The minimum Gasteiger partial charge on any atom is -0.354 e. The van der Waals surface area contributed by atoms with Gasteiger partial charge in [0, 0.05) is 39.1 Å². The highest BCUT2D eigenvalue weighted by Crippen LogP contribution is 2.20. The van der Waals surface area contributed by atoms with Gasteiger partial charge < -0.3 is 9.47 Å². The predicted octanol–water partition coefficient (Wildman–Crippen LogP) is 2.07. The van der Waals surface area contributed by atoms with Crippen LogP contribution in [0.2, 0.25) is 0 Å². The number of pyridine rings is 1. The first-order valence-corrected chi connectivity index (χ1v) is 9.30. The smallest absolute Gasteiger partial charge is 0.195 e. The van der Waals surface area contributed by atoms with Crippen molar-refractivity contribution in [1.82, 2.24) is 19.4 Å². The number of rotatable bonds is 4. The van der Waals surface area contributed by atoms with Crippen LogP contribution in [0.15, 0.2) is 18.3 Å². The van der Waals surface area contributed by atoms with Crippen LogP contribution in [-0.2, 0) is 13.0 Å². The fourth-order valence-electron chi connectivity index (χ4n) is 3.94. The van der Waals surface area contributed by atoms with E-state index in [4.69, 9.17) is 0 Å². The van der Waals surface area contributed by atoms with Crippen molar-refractivity contribution >= 4 is 11.6 Å². The van der Waals surface area contributed by atoms with Gasteiger partial charge in [0.1, 0.15) is 23.2 Å². The maximum Gasteiger partial charge on any atom is 0.195 e. The third kappa shape index (κ3) is 3.35. The van der Waals surface area contributed by atoms with Gasteiger partial charge in [-0.05, 0) is 31.9 Å². The molecule has 0 unspecified atom stereocenters. The van der Waals surface area contributed by atoms with Crippen LogP contribution >= 0.6 is 0 Å². The zero-order chi connectivity index (χ0) is 18.1. The van der Waals surface area contributed by atoms with Crippen molar-refractivity contribution in [3.8, 4) is 0 Å². The van der Waals surface area contributed by atoms with Crippen molar-refractivity contribution in [1.29, 1.82) is 0 Å². The molecule has 0 saturated carbocycles. The molecule has 6 nitrogen and oxygen atoms in total. The molecule has 2 aliphatic rings. The summed E-state index contributed by atoms with van der Waals surface area (Å²) in [6.45, 7) is 6.44. The number of carbonyl (C=O) groups excluding carboxylic acids is 1. The number of hydrogen-bond donors (Lipinski definition) is 0. The van der Waals surface area contributed by atoms with Crippen molar-refractivity contribution < 1.29 is 9.18 Å². The Labute approximate surface area is 152 Å². The number of piperazine rings is 1. The van der Waals surface area contributed by atoms with E-state index in [0.717, 1.165) is 75.0 Å². The molecule has 1 saturated heterocycles. The maximum atomic E-state index is 13.0. The lowest BCUT2D eigenvalue weighted by atomic mass is 10.1. The number of hydrogen-bond acceptors (Lipinski definition) is 5. The summed E-state index contributed by atoms with van der Waals surface area (Å²) in [5, 5.41) is 0. The van der Waals surface area contributed by atoms with Crippen molar-refractivity contribution in [3.05, 3.63) is 41.4 Å². The number of Topliss-reactive ketones (excluding diaryl/α,β-unsaturated/α-hetero) is 1. The number of nitrogens with zero attached hydrogens (tertiary/aromatic N) is 5. The molecule has 2 aliphatic heterocycles. The molecule has 4 heterocycles. The fourth-order valence-corrected chi connectivity index (χ4v) is 3.94. The summed E-state index contributed by atoms with van der Waals surface area (Å²) in [6, 6.07) is 3.14. The highest BCUT2D eigenvalue weighted by molar-refractivity contribution is 5.97. The van der Waals surface area contributed by atoms with Crippen LogP contribution in [0.25, 0.3) is 0 Å². The Hall–Kier alpha value is -2.28. The van der Waals surface area contributed by atoms with Crippen molar-refractivity contribution in [2.75, 3.05) is 37.6 Å². The third-order valence-electron chi connectivity index (χ3n) is 5.29. The molecule has 26 heavy (non-hydrogen) atoms. The molecule has 1 fully saturated rings. The number of fused-ring (bicyclic) bond motifs is 1. The van der Waals surface area contributed by atoms with E-state index in [1.54, 1.807) is 6.07 Å². The summed E-state index contributed by atoms with van der Waals surface area (Å²) < 4.78 is 15.1. The molecular weight excluding hydrogens is 333 g/mol. The molecule has 2 aromatic heterocycles. The zero-order valence-electron chi connectivity index (χ0n) is 15.1. The molecule has 0 radical (unpaired) electrons. The Bertz CT molecular complexity index is 793. The Morgan fingerprint density at radius 3 is 2.69 bits per heavy atom. The van der Waals surface area contributed by atoms with Gasteiger partial charge in [-0.1, -0.05) is 0 Å². The van der Waals surface area contributed by atoms with E-state index in [2.05, 4.69) is 24.3 Å². The molecule has 0 aliphatic carbocycles. The molecule has 0 N–H and O–H groups in total. The van der Waals surface area contributed by atoms with Crippen molar-refractivity contribution in [3.63, 3.8) is 0 Å². The summed E-state index contributed by atoms with van der Waals surface area (Å²) in [4.78, 5) is 25.9. The standard InChI is InChI=1S/C19H24FN5O/c1-14-19(25-7-3-2-4-18(25)22-14)16(26)13-23-8-10-24(11-9-23)17-6-5-15(20)12-21-17/h5-6,12H,2-4,7-11,13H2,1H3. The molecule has 0 bridgehead atoms. The van der Waals surface area contributed by atoms with E-state index < -0.39 is 0 Å². The first-order valence-electron chi connectivity index (χ1n) is 9.30. The Kier molecular flexibility index (Phi) is 4.72. The van der Waals surface area contributed by atoms with Gasteiger partial charge in [0.25, 0.3) is 0 Å². The Morgan fingerprint density at radius 1 is 1.15 bits per heavy atom. The molecule has 7 heteroatoms. The number of carbonyl (C=O) groups is 1. The van der Waals surface area contributed by atoms with Gasteiger partial charge in [-0.3, -0.25) is 9.69 Å². The highest BCUT2D eigenvalue weighted by atomic mass is 19.1. The quantitative estimate of drug-likeness (QED) is 0.784.